The molecule has 0 saturated carbocycles. The molecule has 0 aliphatic carbocycles. The fourth-order valence-electron chi connectivity index (χ4n) is 2.03. The molecule has 1 heterocycles. The number of benzene rings is 2. The van der Waals surface area contributed by atoms with E-state index in [1.807, 2.05) is 24.3 Å². The molecule has 104 valence electrons. The molecule has 0 radical (unpaired) electrons. The summed E-state index contributed by atoms with van der Waals surface area (Å²) in [4.78, 5) is 11.2. The van der Waals surface area contributed by atoms with Gasteiger partial charge in [-0.25, -0.2) is 4.79 Å². The second-order valence-electron chi connectivity index (χ2n) is 4.40. The Bertz CT molecular complexity index is 831. The summed E-state index contributed by atoms with van der Waals surface area (Å²) in [5.41, 5.74) is 2.43. The molecular formula is C15H10BrN3O2. The van der Waals surface area contributed by atoms with Crippen molar-refractivity contribution in [2.24, 2.45) is 0 Å². The lowest BCUT2D eigenvalue weighted by Crippen LogP contribution is -2.00. The van der Waals surface area contributed by atoms with Gasteiger partial charge in [-0.2, -0.15) is 10.2 Å². The fraction of sp³-hybridized carbons (Fsp3) is 0. The Balaban J connectivity index is 2.03. The highest BCUT2D eigenvalue weighted by Crippen LogP contribution is 2.27. The summed E-state index contributed by atoms with van der Waals surface area (Å²) in [6, 6.07) is 12.7. The van der Waals surface area contributed by atoms with Crippen LogP contribution in [0.3, 0.4) is 0 Å². The zero-order chi connectivity index (χ0) is 14.8. The Kier molecular flexibility index (Phi) is 3.53. The summed E-state index contributed by atoms with van der Waals surface area (Å²) in [6.07, 6.45) is 1.62. The number of carbonyl (C=O) groups is 1. The summed E-state index contributed by atoms with van der Waals surface area (Å²) in [5.74, 6) is -0.983. The first-order valence-electron chi connectivity index (χ1n) is 6.15. The highest BCUT2D eigenvalue weighted by molar-refractivity contribution is 9.10. The predicted octanol–water partition coefficient (Wildman–Crippen LogP) is 3.83. The molecule has 0 atom stereocenters. The summed E-state index contributed by atoms with van der Waals surface area (Å²) in [5, 5.41) is 21.3. The van der Waals surface area contributed by atoms with E-state index in [1.54, 1.807) is 24.4 Å². The van der Waals surface area contributed by atoms with E-state index in [-0.39, 0.29) is 5.56 Å². The minimum Gasteiger partial charge on any atom is -0.478 e. The van der Waals surface area contributed by atoms with Crippen LogP contribution in [0.1, 0.15) is 10.4 Å². The zero-order valence-corrected chi connectivity index (χ0v) is 12.3. The Morgan fingerprint density at radius 1 is 1.19 bits per heavy atom. The lowest BCUT2D eigenvalue weighted by atomic mass is 10.1. The van der Waals surface area contributed by atoms with Crippen LogP contribution in [0.25, 0.3) is 10.9 Å². The first-order valence-corrected chi connectivity index (χ1v) is 6.95. The minimum absolute atomic E-state index is 0.200. The molecule has 0 amide bonds. The molecule has 2 N–H and O–H groups in total. The third kappa shape index (κ3) is 2.71. The number of anilines is 2. The number of aromatic nitrogens is 2. The van der Waals surface area contributed by atoms with Crippen LogP contribution in [0.2, 0.25) is 0 Å². The molecular weight excluding hydrogens is 334 g/mol. The first-order chi connectivity index (χ1) is 10.1. The maximum atomic E-state index is 11.2. The Morgan fingerprint density at radius 3 is 2.81 bits per heavy atom. The van der Waals surface area contributed by atoms with Crippen LogP contribution in [0.5, 0.6) is 0 Å². The smallest absolute Gasteiger partial charge is 0.336 e. The van der Waals surface area contributed by atoms with E-state index >= 15 is 0 Å². The molecule has 2 aromatic carbocycles. The van der Waals surface area contributed by atoms with Gasteiger partial charge in [-0.3, -0.25) is 0 Å². The van der Waals surface area contributed by atoms with Crippen molar-refractivity contribution in [1.29, 1.82) is 0 Å². The number of carboxylic acid groups (broad SMARTS) is 1. The van der Waals surface area contributed by atoms with Crippen molar-refractivity contribution in [2.75, 3.05) is 5.32 Å². The topological polar surface area (TPSA) is 75.1 Å². The molecule has 3 rings (SSSR count). The predicted molar refractivity (Wildman–Crippen MR) is 83.9 cm³/mol. The number of hydrogen-bond acceptors (Lipinski definition) is 4. The molecule has 0 aliphatic heterocycles. The van der Waals surface area contributed by atoms with Gasteiger partial charge in [0.1, 0.15) is 0 Å². The fourth-order valence-corrected chi connectivity index (χ4v) is 2.45. The Morgan fingerprint density at radius 2 is 2.00 bits per heavy atom. The largest absolute Gasteiger partial charge is 0.478 e. The van der Waals surface area contributed by atoms with Gasteiger partial charge < -0.3 is 10.4 Å². The van der Waals surface area contributed by atoms with E-state index in [1.165, 1.54) is 0 Å². The average Bonchev–Trinajstić information content (AvgIpc) is 2.49. The number of carboxylic acids is 1. The van der Waals surface area contributed by atoms with Gasteiger partial charge in [0.15, 0.2) is 0 Å². The van der Waals surface area contributed by atoms with E-state index in [9.17, 15) is 4.79 Å². The van der Waals surface area contributed by atoms with Gasteiger partial charge in [0, 0.05) is 15.5 Å². The summed E-state index contributed by atoms with van der Waals surface area (Å²) in [7, 11) is 0. The van der Waals surface area contributed by atoms with Crippen LogP contribution in [0.15, 0.2) is 53.1 Å². The van der Waals surface area contributed by atoms with E-state index in [4.69, 9.17) is 5.11 Å². The molecule has 21 heavy (non-hydrogen) atoms. The van der Waals surface area contributed by atoms with E-state index in [2.05, 4.69) is 31.4 Å². The lowest BCUT2D eigenvalue weighted by molar-refractivity contribution is 0.0696. The van der Waals surface area contributed by atoms with Gasteiger partial charge in [0.05, 0.1) is 23.0 Å². The van der Waals surface area contributed by atoms with E-state index in [0.29, 0.717) is 10.2 Å². The Labute approximate surface area is 128 Å². The maximum absolute atomic E-state index is 11.2. The van der Waals surface area contributed by atoms with Crippen LogP contribution in [-0.4, -0.2) is 21.3 Å². The lowest BCUT2D eigenvalue weighted by Gasteiger charge is -2.10. The monoisotopic (exact) mass is 343 g/mol. The van der Waals surface area contributed by atoms with Gasteiger partial charge >= 0.3 is 5.97 Å². The van der Waals surface area contributed by atoms with Crippen molar-refractivity contribution in [3.05, 3.63) is 58.7 Å². The van der Waals surface area contributed by atoms with Gasteiger partial charge in [-0.1, -0.05) is 18.2 Å². The molecule has 0 bridgehead atoms. The standard InChI is InChI=1S/C15H10BrN3O2/c16-12-6-5-9(7-11(12)15(20)21)18-14-8-17-19-13-4-2-1-3-10(13)14/h1-8H,(H,18,19)(H,20,21). The second kappa shape index (κ2) is 5.49. The van der Waals surface area contributed by atoms with Crippen LogP contribution in [0, 0.1) is 0 Å². The van der Waals surface area contributed by atoms with Crippen molar-refractivity contribution in [2.45, 2.75) is 0 Å². The third-order valence-corrected chi connectivity index (χ3v) is 3.71. The SMILES string of the molecule is O=C(O)c1cc(Nc2cnnc3ccccc23)ccc1Br. The number of halogens is 1. The van der Waals surface area contributed by atoms with Crippen molar-refractivity contribution in [3.8, 4) is 0 Å². The summed E-state index contributed by atoms with van der Waals surface area (Å²) in [6.45, 7) is 0. The van der Waals surface area contributed by atoms with Crippen molar-refractivity contribution in [1.82, 2.24) is 10.2 Å². The molecule has 0 aliphatic rings. The number of rotatable bonds is 3. The van der Waals surface area contributed by atoms with Crippen molar-refractivity contribution < 1.29 is 9.90 Å². The minimum atomic E-state index is -0.983. The van der Waals surface area contributed by atoms with Crippen LogP contribution in [-0.2, 0) is 0 Å². The molecule has 0 saturated heterocycles. The number of aromatic carboxylic acids is 1. The number of nitrogens with one attached hydrogen (secondary N) is 1. The van der Waals surface area contributed by atoms with Crippen LogP contribution in [0.4, 0.5) is 11.4 Å². The molecule has 5 nitrogen and oxygen atoms in total. The van der Waals surface area contributed by atoms with Crippen molar-refractivity contribution >= 4 is 44.2 Å². The first kappa shape index (κ1) is 13.5. The van der Waals surface area contributed by atoms with Gasteiger partial charge in [-0.05, 0) is 40.2 Å². The second-order valence-corrected chi connectivity index (χ2v) is 5.25. The number of fused-ring (bicyclic) bond motifs is 1. The summed E-state index contributed by atoms with van der Waals surface area (Å²) < 4.78 is 0.540. The quantitative estimate of drug-likeness (QED) is 0.755. The number of hydrogen-bond donors (Lipinski definition) is 2. The van der Waals surface area contributed by atoms with E-state index in [0.717, 1.165) is 16.6 Å². The highest BCUT2D eigenvalue weighted by Gasteiger charge is 2.10. The van der Waals surface area contributed by atoms with Crippen LogP contribution >= 0.6 is 15.9 Å². The third-order valence-electron chi connectivity index (χ3n) is 3.02. The molecule has 0 spiro atoms. The Hall–Kier alpha value is -2.47. The summed E-state index contributed by atoms with van der Waals surface area (Å²) >= 11 is 3.23. The molecule has 0 unspecified atom stereocenters. The van der Waals surface area contributed by atoms with Gasteiger partial charge in [0.2, 0.25) is 0 Å². The highest BCUT2D eigenvalue weighted by atomic mass is 79.9. The number of nitrogens with zero attached hydrogens (tertiary/aromatic N) is 2. The molecule has 0 fully saturated rings. The van der Waals surface area contributed by atoms with Gasteiger partial charge in [0.25, 0.3) is 0 Å². The molecule has 6 heteroatoms. The van der Waals surface area contributed by atoms with Crippen LogP contribution < -0.4 is 5.32 Å². The zero-order valence-electron chi connectivity index (χ0n) is 10.7. The maximum Gasteiger partial charge on any atom is 0.336 e. The van der Waals surface area contributed by atoms with Crippen molar-refractivity contribution in [3.63, 3.8) is 0 Å². The molecule has 1 aromatic heterocycles. The molecule has 3 aromatic rings. The van der Waals surface area contributed by atoms with Gasteiger partial charge in [-0.15, -0.1) is 0 Å². The average molecular weight is 344 g/mol. The van der Waals surface area contributed by atoms with E-state index < -0.39 is 5.97 Å². The normalized spacial score (nSPS) is 10.5.